The Bertz CT molecular complexity index is 449. The number of nitrogens with one attached hydrogen (secondary N) is 3. The van der Waals surface area contributed by atoms with Crippen LogP contribution in [0.2, 0.25) is 0 Å². The molecule has 0 radical (unpaired) electrons. The van der Waals surface area contributed by atoms with E-state index in [1.54, 1.807) is 7.05 Å². The van der Waals surface area contributed by atoms with Crippen LogP contribution in [0, 0.1) is 6.92 Å². The molecule has 1 rings (SSSR count). The summed E-state index contributed by atoms with van der Waals surface area (Å²) in [6.07, 6.45) is 0. The molecule has 0 fully saturated rings. The Morgan fingerprint density at radius 2 is 1.89 bits per heavy atom. The Morgan fingerprint density at radius 3 is 2.50 bits per heavy atom. The van der Waals surface area contributed by atoms with Crippen molar-refractivity contribution in [2.45, 2.75) is 6.92 Å². The van der Waals surface area contributed by atoms with Crippen molar-refractivity contribution in [1.82, 2.24) is 10.6 Å². The van der Waals surface area contributed by atoms with Gasteiger partial charge in [0.1, 0.15) is 0 Å². The minimum Gasteiger partial charge on any atom is -0.358 e. The molecule has 0 atom stereocenters. The summed E-state index contributed by atoms with van der Waals surface area (Å²) in [7, 11) is 1.55. The van der Waals surface area contributed by atoms with Gasteiger partial charge in [-0.05, 0) is 30.7 Å². The first-order valence-electron chi connectivity index (χ1n) is 5.50. The van der Waals surface area contributed by atoms with Crippen LogP contribution < -0.4 is 16.0 Å². The maximum absolute atomic E-state index is 11.6. The SMILES string of the molecule is CNC(=O)CNCC(=O)Nc1ccc(Br)cc1C. The molecule has 98 valence electrons. The fourth-order valence-electron chi connectivity index (χ4n) is 1.34. The zero-order valence-electron chi connectivity index (χ0n) is 10.3. The summed E-state index contributed by atoms with van der Waals surface area (Å²) < 4.78 is 0.968. The van der Waals surface area contributed by atoms with Gasteiger partial charge in [-0.25, -0.2) is 0 Å². The highest BCUT2D eigenvalue weighted by atomic mass is 79.9. The number of aryl methyl sites for hydroxylation is 1. The van der Waals surface area contributed by atoms with Gasteiger partial charge in [0.2, 0.25) is 11.8 Å². The molecule has 0 unspecified atom stereocenters. The van der Waals surface area contributed by atoms with Gasteiger partial charge < -0.3 is 10.6 Å². The predicted molar refractivity (Wildman–Crippen MR) is 74.4 cm³/mol. The van der Waals surface area contributed by atoms with E-state index >= 15 is 0 Å². The molecule has 0 aliphatic rings. The molecule has 0 saturated heterocycles. The molecule has 18 heavy (non-hydrogen) atoms. The number of hydrogen-bond acceptors (Lipinski definition) is 3. The van der Waals surface area contributed by atoms with Crippen LogP contribution in [0.15, 0.2) is 22.7 Å². The lowest BCUT2D eigenvalue weighted by molar-refractivity contribution is -0.119. The van der Waals surface area contributed by atoms with Crippen molar-refractivity contribution in [3.05, 3.63) is 28.2 Å². The molecule has 2 amide bonds. The number of halogens is 1. The topological polar surface area (TPSA) is 70.2 Å². The first-order chi connectivity index (χ1) is 8.52. The lowest BCUT2D eigenvalue weighted by atomic mass is 10.2. The highest BCUT2D eigenvalue weighted by Gasteiger charge is 2.05. The third-order valence-corrected chi connectivity index (χ3v) is 2.81. The van der Waals surface area contributed by atoms with Crippen LogP contribution in [0.4, 0.5) is 5.69 Å². The molecule has 0 aliphatic carbocycles. The largest absolute Gasteiger partial charge is 0.358 e. The van der Waals surface area contributed by atoms with Gasteiger partial charge >= 0.3 is 0 Å². The van der Waals surface area contributed by atoms with Gasteiger partial charge in [0.15, 0.2) is 0 Å². The summed E-state index contributed by atoms with van der Waals surface area (Å²) in [6.45, 7) is 2.14. The fraction of sp³-hybridized carbons (Fsp3) is 0.333. The molecule has 3 N–H and O–H groups in total. The third kappa shape index (κ3) is 4.85. The zero-order chi connectivity index (χ0) is 13.5. The summed E-state index contributed by atoms with van der Waals surface area (Å²) in [5, 5.41) is 7.99. The molecular weight excluding hydrogens is 298 g/mol. The Hall–Kier alpha value is -1.40. The number of anilines is 1. The number of hydrogen-bond donors (Lipinski definition) is 3. The van der Waals surface area contributed by atoms with E-state index in [-0.39, 0.29) is 24.9 Å². The monoisotopic (exact) mass is 313 g/mol. The first kappa shape index (κ1) is 14.7. The number of benzene rings is 1. The molecule has 6 heteroatoms. The minimum absolute atomic E-state index is 0.100. The lowest BCUT2D eigenvalue weighted by Gasteiger charge is -2.09. The van der Waals surface area contributed by atoms with Crippen molar-refractivity contribution in [2.75, 3.05) is 25.5 Å². The average Bonchev–Trinajstić information content (AvgIpc) is 2.32. The van der Waals surface area contributed by atoms with Gasteiger partial charge in [0.05, 0.1) is 13.1 Å². The molecule has 0 aliphatic heterocycles. The standard InChI is InChI=1S/C12H16BrN3O2/c1-8-5-9(13)3-4-10(8)16-12(18)7-15-6-11(17)14-2/h3-5,15H,6-7H2,1-2H3,(H,14,17)(H,16,18). The fourth-order valence-corrected chi connectivity index (χ4v) is 1.82. The van der Waals surface area contributed by atoms with Crippen molar-refractivity contribution in [3.8, 4) is 0 Å². The first-order valence-corrected chi connectivity index (χ1v) is 6.29. The van der Waals surface area contributed by atoms with Gasteiger partial charge in [0.25, 0.3) is 0 Å². The highest BCUT2D eigenvalue weighted by molar-refractivity contribution is 9.10. The van der Waals surface area contributed by atoms with Crippen molar-refractivity contribution < 1.29 is 9.59 Å². The Balaban J connectivity index is 2.42. The van der Waals surface area contributed by atoms with Crippen LogP contribution in [0.25, 0.3) is 0 Å². The van der Waals surface area contributed by atoms with Gasteiger partial charge in [-0.2, -0.15) is 0 Å². The number of carbonyl (C=O) groups is 2. The van der Waals surface area contributed by atoms with Gasteiger partial charge in [-0.3, -0.25) is 14.9 Å². The van der Waals surface area contributed by atoms with Crippen LogP contribution >= 0.6 is 15.9 Å². The second kappa shape index (κ2) is 7.13. The Labute approximate surface area is 114 Å². The quantitative estimate of drug-likeness (QED) is 0.760. The normalized spacial score (nSPS) is 9.94. The maximum atomic E-state index is 11.6. The van der Waals surface area contributed by atoms with Gasteiger partial charge in [0, 0.05) is 17.2 Å². The van der Waals surface area contributed by atoms with Crippen LogP contribution in [0.5, 0.6) is 0 Å². The molecule has 0 bridgehead atoms. The molecular formula is C12H16BrN3O2. The molecule has 5 nitrogen and oxygen atoms in total. The van der Waals surface area contributed by atoms with E-state index in [2.05, 4.69) is 31.9 Å². The number of amides is 2. The van der Waals surface area contributed by atoms with E-state index in [4.69, 9.17) is 0 Å². The number of carbonyl (C=O) groups excluding carboxylic acids is 2. The number of likely N-dealkylation sites (N-methyl/N-ethyl adjacent to an activating group) is 1. The van der Waals surface area contributed by atoms with Gasteiger partial charge in [-0.15, -0.1) is 0 Å². The Kier molecular flexibility index (Phi) is 5.80. The molecule has 0 saturated carbocycles. The van der Waals surface area contributed by atoms with E-state index in [0.717, 1.165) is 15.7 Å². The van der Waals surface area contributed by atoms with Crippen LogP contribution in [0.3, 0.4) is 0 Å². The minimum atomic E-state index is -0.177. The van der Waals surface area contributed by atoms with Gasteiger partial charge in [-0.1, -0.05) is 15.9 Å². The van der Waals surface area contributed by atoms with Crippen LogP contribution in [-0.4, -0.2) is 32.0 Å². The van der Waals surface area contributed by atoms with Crippen molar-refractivity contribution in [2.24, 2.45) is 0 Å². The van der Waals surface area contributed by atoms with Crippen molar-refractivity contribution in [3.63, 3.8) is 0 Å². The molecule has 0 spiro atoms. The Morgan fingerprint density at radius 1 is 1.22 bits per heavy atom. The zero-order valence-corrected chi connectivity index (χ0v) is 11.9. The highest BCUT2D eigenvalue weighted by Crippen LogP contribution is 2.19. The average molecular weight is 314 g/mol. The van der Waals surface area contributed by atoms with E-state index in [1.165, 1.54) is 0 Å². The number of rotatable bonds is 5. The second-order valence-electron chi connectivity index (χ2n) is 3.78. The van der Waals surface area contributed by atoms with E-state index < -0.39 is 0 Å². The molecule has 0 aromatic heterocycles. The molecule has 0 heterocycles. The summed E-state index contributed by atoms with van der Waals surface area (Å²) in [4.78, 5) is 22.5. The second-order valence-corrected chi connectivity index (χ2v) is 4.70. The van der Waals surface area contributed by atoms with Crippen molar-refractivity contribution >= 4 is 33.4 Å². The van der Waals surface area contributed by atoms with Crippen LogP contribution in [0.1, 0.15) is 5.56 Å². The van der Waals surface area contributed by atoms with Crippen molar-refractivity contribution in [1.29, 1.82) is 0 Å². The lowest BCUT2D eigenvalue weighted by Crippen LogP contribution is -2.36. The smallest absolute Gasteiger partial charge is 0.238 e. The predicted octanol–water partition coefficient (Wildman–Crippen LogP) is 1.03. The van der Waals surface area contributed by atoms with E-state index in [0.29, 0.717) is 0 Å². The summed E-state index contributed by atoms with van der Waals surface area (Å²) in [5.41, 5.74) is 1.74. The summed E-state index contributed by atoms with van der Waals surface area (Å²) in [6, 6.07) is 5.62. The maximum Gasteiger partial charge on any atom is 0.238 e. The molecule has 1 aromatic carbocycles. The summed E-state index contributed by atoms with van der Waals surface area (Å²) in [5.74, 6) is -0.327. The summed E-state index contributed by atoms with van der Waals surface area (Å²) >= 11 is 3.36. The van der Waals surface area contributed by atoms with E-state index in [9.17, 15) is 9.59 Å². The molecule has 1 aromatic rings. The third-order valence-electron chi connectivity index (χ3n) is 2.31. The van der Waals surface area contributed by atoms with Crippen LogP contribution in [-0.2, 0) is 9.59 Å². The van der Waals surface area contributed by atoms with E-state index in [1.807, 2.05) is 25.1 Å².